The van der Waals surface area contributed by atoms with Crippen LogP contribution in [-0.4, -0.2) is 67.6 Å². The molecule has 0 spiro atoms. The maximum absolute atomic E-state index is 9.87. The van der Waals surface area contributed by atoms with Crippen molar-refractivity contribution in [2.45, 2.75) is 6.92 Å². The molecule has 1 N–H and O–H groups in total. The SMILES string of the molecule is Cc1c(-c2ccccn2)nc2c(C#N)cccc2c1Nc1cc(N2CCOCC2)cnc1N1CCOCC1. The molecular weight excluding hydrogens is 478 g/mol. The lowest BCUT2D eigenvalue weighted by Crippen LogP contribution is -2.38. The van der Waals surface area contributed by atoms with Gasteiger partial charge in [-0.15, -0.1) is 0 Å². The minimum absolute atomic E-state index is 0.524. The molecule has 5 heterocycles. The van der Waals surface area contributed by atoms with E-state index in [0.717, 1.165) is 71.4 Å². The normalized spacial score (nSPS) is 15.9. The zero-order chi connectivity index (χ0) is 25.9. The summed E-state index contributed by atoms with van der Waals surface area (Å²) < 4.78 is 11.2. The molecule has 0 amide bonds. The molecule has 0 radical (unpaired) electrons. The summed E-state index contributed by atoms with van der Waals surface area (Å²) in [5, 5.41) is 14.5. The molecule has 0 aliphatic carbocycles. The first-order valence-electron chi connectivity index (χ1n) is 12.9. The minimum atomic E-state index is 0.524. The first kappa shape index (κ1) is 24.1. The number of anilines is 4. The van der Waals surface area contributed by atoms with Gasteiger partial charge in [0.25, 0.3) is 0 Å². The van der Waals surface area contributed by atoms with Crippen molar-refractivity contribution in [1.82, 2.24) is 15.0 Å². The number of morpholine rings is 2. The van der Waals surface area contributed by atoms with E-state index in [1.807, 2.05) is 43.5 Å². The van der Waals surface area contributed by atoms with Gasteiger partial charge in [-0.25, -0.2) is 9.97 Å². The van der Waals surface area contributed by atoms with E-state index >= 15 is 0 Å². The lowest BCUT2D eigenvalue weighted by molar-refractivity contribution is 0.122. The van der Waals surface area contributed by atoms with Crippen LogP contribution in [0.4, 0.5) is 22.9 Å². The van der Waals surface area contributed by atoms with Gasteiger partial charge in [-0.1, -0.05) is 18.2 Å². The van der Waals surface area contributed by atoms with Crippen LogP contribution in [0.15, 0.2) is 54.9 Å². The molecule has 1 aromatic carbocycles. The number of nitrogens with one attached hydrogen (secondary N) is 1. The van der Waals surface area contributed by atoms with Gasteiger partial charge in [0.1, 0.15) is 6.07 Å². The van der Waals surface area contributed by atoms with E-state index in [2.05, 4.69) is 32.2 Å². The van der Waals surface area contributed by atoms with Crippen molar-refractivity contribution in [3.63, 3.8) is 0 Å². The van der Waals surface area contributed by atoms with Crippen LogP contribution >= 0.6 is 0 Å². The minimum Gasteiger partial charge on any atom is -0.378 e. The Morgan fingerprint density at radius 3 is 2.39 bits per heavy atom. The van der Waals surface area contributed by atoms with Crippen LogP contribution in [0.2, 0.25) is 0 Å². The van der Waals surface area contributed by atoms with Crippen molar-refractivity contribution in [3.05, 3.63) is 66.0 Å². The number of fused-ring (bicyclic) bond motifs is 1. The Morgan fingerprint density at radius 2 is 1.68 bits per heavy atom. The van der Waals surface area contributed by atoms with Crippen molar-refractivity contribution < 1.29 is 9.47 Å². The van der Waals surface area contributed by atoms with Crippen LogP contribution in [0.5, 0.6) is 0 Å². The highest BCUT2D eigenvalue weighted by molar-refractivity contribution is 6.00. The highest BCUT2D eigenvalue weighted by Gasteiger charge is 2.22. The van der Waals surface area contributed by atoms with E-state index in [9.17, 15) is 5.26 Å². The molecule has 0 bridgehead atoms. The van der Waals surface area contributed by atoms with Gasteiger partial charge in [-0.05, 0) is 31.2 Å². The lowest BCUT2D eigenvalue weighted by atomic mass is 10.0. The zero-order valence-electron chi connectivity index (χ0n) is 21.4. The van der Waals surface area contributed by atoms with Crippen molar-refractivity contribution in [3.8, 4) is 17.5 Å². The molecular formula is C29H29N7O2. The number of benzene rings is 1. The van der Waals surface area contributed by atoms with Crippen molar-refractivity contribution in [2.24, 2.45) is 0 Å². The number of nitrogens with zero attached hydrogens (tertiary/aromatic N) is 6. The van der Waals surface area contributed by atoms with Gasteiger partial charge in [0, 0.05) is 43.3 Å². The van der Waals surface area contributed by atoms with E-state index in [4.69, 9.17) is 19.4 Å². The molecule has 0 unspecified atom stereocenters. The van der Waals surface area contributed by atoms with E-state index < -0.39 is 0 Å². The van der Waals surface area contributed by atoms with E-state index in [0.29, 0.717) is 37.5 Å². The number of ether oxygens (including phenoxy) is 2. The fourth-order valence-corrected chi connectivity index (χ4v) is 5.08. The summed E-state index contributed by atoms with van der Waals surface area (Å²) in [4.78, 5) is 19.0. The Kier molecular flexibility index (Phi) is 6.73. The Balaban J connectivity index is 1.52. The highest BCUT2D eigenvalue weighted by Crippen LogP contribution is 2.39. The summed E-state index contributed by atoms with van der Waals surface area (Å²) in [6, 6.07) is 16.0. The van der Waals surface area contributed by atoms with Crippen LogP contribution in [0.1, 0.15) is 11.1 Å². The molecule has 2 aliphatic rings. The summed E-state index contributed by atoms with van der Waals surface area (Å²) in [6.45, 7) is 7.97. The first-order chi connectivity index (χ1) is 18.7. The first-order valence-corrected chi connectivity index (χ1v) is 12.9. The Labute approximate surface area is 221 Å². The quantitative estimate of drug-likeness (QED) is 0.424. The summed E-state index contributed by atoms with van der Waals surface area (Å²) in [6.07, 6.45) is 3.71. The van der Waals surface area contributed by atoms with Gasteiger partial charge in [-0.3, -0.25) is 4.98 Å². The topological polar surface area (TPSA) is 99.4 Å². The monoisotopic (exact) mass is 507 g/mol. The molecule has 9 heteroatoms. The summed E-state index contributed by atoms with van der Waals surface area (Å²) in [5.74, 6) is 0.880. The Hall–Kier alpha value is -4.26. The zero-order valence-corrected chi connectivity index (χ0v) is 21.4. The Morgan fingerprint density at radius 1 is 0.921 bits per heavy atom. The van der Waals surface area contributed by atoms with Gasteiger partial charge in [0.2, 0.25) is 0 Å². The van der Waals surface area contributed by atoms with Gasteiger partial charge in [-0.2, -0.15) is 5.26 Å². The van der Waals surface area contributed by atoms with Gasteiger partial charge in [0.05, 0.1) is 72.2 Å². The average molecular weight is 508 g/mol. The molecule has 2 fully saturated rings. The molecule has 2 aliphatic heterocycles. The van der Waals surface area contributed by atoms with E-state index in [1.165, 1.54) is 0 Å². The fourth-order valence-electron chi connectivity index (χ4n) is 5.08. The summed E-state index contributed by atoms with van der Waals surface area (Å²) in [7, 11) is 0. The van der Waals surface area contributed by atoms with Crippen LogP contribution < -0.4 is 15.1 Å². The second kappa shape index (κ2) is 10.6. The third-order valence-electron chi connectivity index (χ3n) is 7.09. The molecule has 4 aromatic rings. The van der Waals surface area contributed by atoms with E-state index in [-0.39, 0.29) is 0 Å². The largest absolute Gasteiger partial charge is 0.378 e. The maximum Gasteiger partial charge on any atom is 0.152 e. The number of para-hydroxylation sites is 1. The fraction of sp³-hybridized carbons (Fsp3) is 0.310. The molecule has 192 valence electrons. The van der Waals surface area contributed by atoms with E-state index in [1.54, 1.807) is 12.3 Å². The summed E-state index contributed by atoms with van der Waals surface area (Å²) in [5.41, 5.74) is 6.47. The second-order valence-corrected chi connectivity index (χ2v) is 9.38. The smallest absolute Gasteiger partial charge is 0.152 e. The number of pyridine rings is 3. The van der Waals surface area contributed by atoms with Crippen LogP contribution in [0.25, 0.3) is 22.3 Å². The lowest BCUT2D eigenvalue weighted by Gasteiger charge is -2.32. The number of aromatic nitrogens is 3. The maximum atomic E-state index is 9.87. The predicted octanol–water partition coefficient (Wildman–Crippen LogP) is 4.29. The average Bonchev–Trinajstić information content (AvgIpc) is 2.99. The highest BCUT2D eigenvalue weighted by atomic mass is 16.5. The second-order valence-electron chi connectivity index (χ2n) is 9.38. The number of rotatable bonds is 5. The van der Waals surface area contributed by atoms with Crippen molar-refractivity contribution in [1.29, 1.82) is 5.26 Å². The van der Waals surface area contributed by atoms with Gasteiger partial charge in [0.15, 0.2) is 5.82 Å². The van der Waals surface area contributed by atoms with Crippen molar-refractivity contribution >= 4 is 33.8 Å². The molecule has 6 rings (SSSR count). The summed E-state index contributed by atoms with van der Waals surface area (Å²) >= 11 is 0. The predicted molar refractivity (Wildman–Crippen MR) is 148 cm³/mol. The molecule has 38 heavy (non-hydrogen) atoms. The standard InChI is InChI=1S/C29H29N7O2/c1-20-26(23-6-4-5-21(18-30)28(23)34-27(20)24-7-2-3-8-31-24)33-25-17-22(35-9-13-37-14-10-35)19-32-29(25)36-11-15-38-16-12-36/h2-8,17,19H,9-16H2,1H3,(H,33,34). The third-order valence-corrected chi connectivity index (χ3v) is 7.09. The van der Waals surface area contributed by atoms with Crippen LogP contribution in [0, 0.1) is 18.3 Å². The van der Waals surface area contributed by atoms with Gasteiger partial charge < -0.3 is 24.6 Å². The Bertz CT molecular complexity index is 1490. The van der Waals surface area contributed by atoms with Crippen LogP contribution in [0.3, 0.4) is 0 Å². The van der Waals surface area contributed by atoms with Gasteiger partial charge >= 0.3 is 0 Å². The molecule has 3 aromatic heterocycles. The molecule has 2 saturated heterocycles. The molecule has 0 saturated carbocycles. The molecule has 0 atom stereocenters. The number of hydrogen-bond acceptors (Lipinski definition) is 9. The number of hydrogen-bond donors (Lipinski definition) is 1. The third kappa shape index (κ3) is 4.60. The number of nitriles is 1. The van der Waals surface area contributed by atoms with Crippen LogP contribution in [-0.2, 0) is 9.47 Å². The molecule has 9 nitrogen and oxygen atoms in total. The van der Waals surface area contributed by atoms with Crippen molar-refractivity contribution in [2.75, 3.05) is 67.7 Å².